The highest BCUT2D eigenvalue weighted by atomic mass is 19.4. The van der Waals surface area contributed by atoms with Crippen LogP contribution in [0.15, 0.2) is 73.2 Å². The Morgan fingerprint density at radius 2 is 1.36 bits per heavy atom. The van der Waals surface area contributed by atoms with Crippen LogP contribution >= 0.6 is 0 Å². The Morgan fingerprint density at radius 3 is 1.90 bits per heavy atom. The fourth-order valence-electron chi connectivity index (χ4n) is 9.83. The number of aliphatic hydroxyl groups is 1. The van der Waals surface area contributed by atoms with Gasteiger partial charge < -0.3 is 35.4 Å². The molecule has 16 nitrogen and oxygen atoms in total. The van der Waals surface area contributed by atoms with Gasteiger partial charge in [-0.15, -0.1) is 0 Å². The second kappa shape index (κ2) is 24.6. The fraction of sp³-hybridized carbons (Fsp3) is 0.519. The molecule has 2 saturated heterocycles. The van der Waals surface area contributed by atoms with Gasteiger partial charge in [0, 0.05) is 97.7 Å². The van der Waals surface area contributed by atoms with Gasteiger partial charge in [0.25, 0.3) is 5.91 Å². The molecule has 1 saturated carbocycles. The van der Waals surface area contributed by atoms with E-state index in [-0.39, 0.29) is 17.8 Å². The van der Waals surface area contributed by atoms with E-state index in [1.165, 1.54) is 50.6 Å². The zero-order valence-electron chi connectivity index (χ0n) is 43.9. The summed E-state index contributed by atoms with van der Waals surface area (Å²) in [6.07, 6.45) is -4.14. The van der Waals surface area contributed by atoms with Gasteiger partial charge in [0.2, 0.25) is 0 Å². The summed E-state index contributed by atoms with van der Waals surface area (Å²) in [5.74, 6) is 3.03. The minimum atomic E-state index is -5.14. The van der Waals surface area contributed by atoms with Crippen molar-refractivity contribution >= 4 is 23.9 Å². The molecule has 2 aromatic heterocycles. The Hall–Kier alpha value is -6.68. The number of methoxy groups -OCH3 is 2. The maximum absolute atomic E-state index is 16.0. The monoisotopic (exact) mass is 1100 g/mol. The van der Waals surface area contributed by atoms with E-state index in [4.69, 9.17) is 4.98 Å². The van der Waals surface area contributed by atoms with Crippen molar-refractivity contribution in [1.29, 1.82) is 0 Å². The second-order valence-electron chi connectivity index (χ2n) is 21.0. The van der Waals surface area contributed by atoms with Gasteiger partial charge in [-0.2, -0.15) is 26.3 Å². The van der Waals surface area contributed by atoms with Gasteiger partial charge in [-0.1, -0.05) is 30.4 Å². The molecular formula is C54H64F8N10O6. The molecule has 2 aliphatic heterocycles. The number of piperazine rings is 1. The Morgan fingerprint density at radius 1 is 0.782 bits per heavy atom. The molecule has 4 heterocycles. The summed E-state index contributed by atoms with van der Waals surface area (Å²) >= 11 is 0. The average molecular weight is 1100 g/mol. The first kappa shape index (κ1) is 59.0. The zero-order valence-corrected chi connectivity index (χ0v) is 43.9. The quantitative estimate of drug-likeness (QED) is 0.0355. The van der Waals surface area contributed by atoms with Crippen molar-refractivity contribution in [3.05, 3.63) is 107 Å². The summed E-state index contributed by atoms with van der Waals surface area (Å²) in [5, 5.41) is 19.7. The minimum absolute atomic E-state index is 0.0621. The number of hydrazine groups is 1. The minimum Gasteiger partial charge on any atom is -0.453 e. The lowest BCUT2D eigenvalue weighted by Gasteiger charge is -2.48. The molecular weight excluding hydrogens is 1040 g/mol. The van der Waals surface area contributed by atoms with Crippen LogP contribution in [0.1, 0.15) is 82.1 Å². The number of carbonyl (C=O) groups excluding carboxylic acids is 3. The van der Waals surface area contributed by atoms with Crippen LogP contribution in [0.25, 0.3) is 11.4 Å². The van der Waals surface area contributed by atoms with Gasteiger partial charge in [-0.25, -0.2) is 38.3 Å². The molecule has 78 heavy (non-hydrogen) atoms. The SMILES string of the molecule is COC(=O)N[C@H](C(=O)NN(Cc1c(F)cc(-c2ncccn2)cc1F)C[C@H](O)[C@H](Cc1ccc(C#Cc2ccc(N3CC4CCC(C3)N4C3CCC3)nc2)cc1)NC[C@@H](NC(=O)OC)C(C)(C)C(F)(F)F)C(C)(C)C(F)(F)F. The van der Waals surface area contributed by atoms with Crippen molar-refractivity contribution in [2.45, 2.75) is 127 Å². The number of halogens is 8. The molecule has 2 unspecified atom stereocenters. The molecule has 0 spiro atoms. The lowest BCUT2D eigenvalue weighted by atomic mass is 9.83. The number of alkyl carbamates (subject to hydrolysis) is 2. The lowest BCUT2D eigenvalue weighted by Crippen LogP contribution is -2.62. The Kier molecular flexibility index (Phi) is 18.6. The first-order chi connectivity index (χ1) is 36.8. The highest BCUT2D eigenvalue weighted by Gasteiger charge is 2.56. The van der Waals surface area contributed by atoms with Crippen LogP contribution in [0, 0.1) is 34.3 Å². The summed E-state index contributed by atoms with van der Waals surface area (Å²) in [7, 11) is 1.80. The average Bonchev–Trinajstić information content (AvgIpc) is 3.65. The molecule has 6 atom stereocenters. The van der Waals surface area contributed by atoms with Crippen molar-refractivity contribution in [3.63, 3.8) is 0 Å². The number of benzene rings is 2. The number of hydrogen-bond donors (Lipinski definition) is 5. The number of aromatic nitrogens is 3. The van der Waals surface area contributed by atoms with Crippen molar-refractivity contribution < 1.29 is 64.1 Å². The lowest BCUT2D eigenvalue weighted by molar-refractivity contribution is -0.221. The molecule has 2 aromatic carbocycles. The molecule has 4 aromatic rings. The number of pyridine rings is 1. The Balaban J connectivity index is 1.16. The Bertz CT molecular complexity index is 2740. The summed E-state index contributed by atoms with van der Waals surface area (Å²) < 4.78 is 128. The maximum Gasteiger partial charge on any atom is 0.407 e. The fourth-order valence-corrected chi connectivity index (χ4v) is 9.83. The molecule has 5 N–H and O–H groups in total. The number of amides is 3. The maximum atomic E-state index is 16.0. The van der Waals surface area contributed by atoms with Crippen molar-refractivity contribution in [3.8, 4) is 23.2 Å². The predicted octanol–water partition coefficient (Wildman–Crippen LogP) is 7.44. The van der Waals surface area contributed by atoms with E-state index in [0.29, 0.717) is 53.7 Å². The molecule has 422 valence electrons. The van der Waals surface area contributed by atoms with Crippen LogP contribution in [0.4, 0.5) is 50.5 Å². The van der Waals surface area contributed by atoms with Gasteiger partial charge in [-0.05, 0) is 108 Å². The highest BCUT2D eigenvalue weighted by Crippen LogP contribution is 2.42. The smallest absolute Gasteiger partial charge is 0.407 e. The van der Waals surface area contributed by atoms with Gasteiger partial charge in [0.05, 0.1) is 37.2 Å². The molecule has 0 radical (unpaired) electrons. The van der Waals surface area contributed by atoms with Gasteiger partial charge in [0.15, 0.2) is 5.82 Å². The molecule has 3 fully saturated rings. The molecule has 24 heteroatoms. The highest BCUT2D eigenvalue weighted by molar-refractivity contribution is 5.86. The normalized spacial score (nSPS) is 18.7. The third kappa shape index (κ3) is 13.9. The van der Waals surface area contributed by atoms with Crippen molar-refractivity contribution in [2.24, 2.45) is 10.8 Å². The van der Waals surface area contributed by atoms with Crippen LogP contribution in [0.5, 0.6) is 0 Å². The summed E-state index contributed by atoms with van der Waals surface area (Å²) in [6.45, 7) is 2.24. The summed E-state index contributed by atoms with van der Waals surface area (Å²) in [4.78, 5) is 56.6. The van der Waals surface area contributed by atoms with Crippen LogP contribution in [0.2, 0.25) is 0 Å². The summed E-state index contributed by atoms with van der Waals surface area (Å²) in [5.41, 5.74) is -2.62. The molecule has 7 rings (SSSR count). The number of alkyl halides is 6. The molecule has 3 amide bonds. The number of carbonyl (C=O) groups is 3. The standard InChI is InChI=1S/C54H64F8N10O6/c1-51(2,53(57,58)59)44(67-49(75)77-5)27-65-42(23-33-14-11-32(12-15-33)13-16-34-17-20-45(66-26-34)70-28-37-18-19-38(29-70)72(37)36-9-7-10-36)43(73)31-71(69-48(74)46(68-50(76)78-6)52(3,4)54(60,61)62)30-39-40(55)24-35(25-41(39)56)47-63-21-8-22-64-47/h8,11-12,14-15,17,20-22,24-26,36-38,42-44,46,65,73H,7,9-10,18-19,23,27-31H2,1-6H3,(H,67,75)(H,68,76)(H,69,74)/t37?,38?,42-,43-,44+,46+/m0/s1. The largest absolute Gasteiger partial charge is 0.453 e. The molecule has 2 bridgehead atoms. The van der Waals surface area contributed by atoms with Crippen LogP contribution in [-0.2, 0) is 27.2 Å². The first-order valence-corrected chi connectivity index (χ1v) is 25.4. The van der Waals surface area contributed by atoms with Crippen LogP contribution in [0.3, 0.4) is 0 Å². The second-order valence-corrected chi connectivity index (χ2v) is 21.0. The molecule has 1 aliphatic carbocycles. The number of nitrogens with zero attached hydrogens (tertiary/aromatic N) is 6. The van der Waals surface area contributed by atoms with E-state index < -0.39 is 102 Å². The van der Waals surface area contributed by atoms with Crippen LogP contribution < -0.4 is 26.3 Å². The number of anilines is 1. The number of fused-ring (bicyclic) bond motifs is 2. The third-order valence-corrected chi connectivity index (χ3v) is 15.1. The number of nitrogens with one attached hydrogen (secondary N) is 4. The van der Waals surface area contributed by atoms with E-state index in [2.05, 4.69) is 57.1 Å². The van der Waals surface area contributed by atoms with Crippen molar-refractivity contribution in [2.75, 3.05) is 45.3 Å². The first-order valence-electron chi connectivity index (χ1n) is 25.4. The van der Waals surface area contributed by atoms with Crippen LogP contribution in [-0.4, -0.2) is 143 Å². The number of hydrogen-bond acceptors (Lipinski definition) is 13. The Labute approximate surface area is 447 Å². The van der Waals surface area contributed by atoms with Gasteiger partial charge >= 0.3 is 24.5 Å². The third-order valence-electron chi connectivity index (χ3n) is 15.1. The number of aliphatic hydroxyl groups excluding tert-OH is 1. The van der Waals surface area contributed by atoms with Crippen molar-refractivity contribution in [1.82, 2.24) is 46.2 Å². The number of ether oxygens (including phenoxy) is 2. The van der Waals surface area contributed by atoms with E-state index in [1.54, 1.807) is 30.5 Å². The number of rotatable bonds is 19. The van der Waals surface area contributed by atoms with E-state index in [0.717, 1.165) is 59.1 Å². The zero-order chi connectivity index (χ0) is 56.7. The topological polar surface area (TPSA) is 186 Å². The van der Waals surface area contributed by atoms with Gasteiger partial charge in [0.1, 0.15) is 23.5 Å². The van der Waals surface area contributed by atoms with E-state index in [1.807, 2.05) is 17.4 Å². The van der Waals surface area contributed by atoms with E-state index >= 15 is 8.78 Å². The molecule has 3 aliphatic rings. The predicted molar refractivity (Wildman–Crippen MR) is 271 cm³/mol. The van der Waals surface area contributed by atoms with Gasteiger partial charge in [-0.3, -0.25) is 15.1 Å². The summed E-state index contributed by atoms with van der Waals surface area (Å²) in [6, 6.07) is 9.91. The van der Waals surface area contributed by atoms with E-state index in [9.17, 15) is 45.8 Å².